The molecule has 1 aliphatic heterocycles. The van der Waals surface area contributed by atoms with Crippen LogP contribution in [0, 0.1) is 0 Å². The molecule has 0 unspecified atom stereocenters. The Bertz CT molecular complexity index is 984. The van der Waals surface area contributed by atoms with Gasteiger partial charge in [0.2, 0.25) is 0 Å². The zero-order valence-corrected chi connectivity index (χ0v) is 17.5. The van der Waals surface area contributed by atoms with Crippen molar-refractivity contribution in [1.29, 1.82) is 0 Å². The van der Waals surface area contributed by atoms with Crippen molar-refractivity contribution < 1.29 is 9.53 Å². The summed E-state index contributed by atoms with van der Waals surface area (Å²) >= 11 is 7.58. The highest BCUT2D eigenvalue weighted by molar-refractivity contribution is 7.14. The predicted molar refractivity (Wildman–Crippen MR) is 118 cm³/mol. The lowest BCUT2D eigenvalue weighted by Crippen LogP contribution is -2.50. The van der Waals surface area contributed by atoms with E-state index in [0.29, 0.717) is 29.5 Å². The third-order valence-electron chi connectivity index (χ3n) is 4.82. The predicted octanol–water partition coefficient (Wildman–Crippen LogP) is 4.83. The van der Waals surface area contributed by atoms with Crippen LogP contribution in [0.2, 0.25) is 5.02 Å². The van der Waals surface area contributed by atoms with E-state index in [-0.39, 0.29) is 6.03 Å². The van der Waals surface area contributed by atoms with E-state index in [9.17, 15) is 4.79 Å². The fourth-order valence-corrected chi connectivity index (χ4v) is 4.22. The van der Waals surface area contributed by atoms with E-state index < -0.39 is 0 Å². The first-order chi connectivity index (χ1) is 14.1. The van der Waals surface area contributed by atoms with E-state index in [1.165, 1.54) is 0 Å². The van der Waals surface area contributed by atoms with Crippen molar-refractivity contribution in [2.75, 3.05) is 43.5 Å². The number of methoxy groups -OCH3 is 1. The van der Waals surface area contributed by atoms with Crippen molar-refractivity contribution in [2.24, 2.45) is 0 Å². The topological polar surface area (TPSA) is 57.7 Å². The molecule has 0 saturated carbocycles. The van der Waals surface area contributed by atoms with Crippen molar-refractivity contribution in [1.82, 2.24) is 9.88 Å². The highest BCUT2D eigenvalue weighted by Crippen LogP contribution is 2.29. The molecule has 4 rings (SSSR count). The van der Waals surface area contributed by atoms with Gasteiger partial charge >= 0.3 is 6.03 Å². The second-order valence-corrected chi connectivity index (χ2v) is 7.90. The number of benzene rings is 2. The first kappa shape index (κ1) is 19.5. The van der Waals surface area contributed by atoms with Crippen LogP contribution in [0.25, 0.3) is 11.3 Å². The van der Waals surface area contributed by atoms with Gasteiger partial charge in [-0.2, -0.15) is 0 Å². The number of nitrogens with one attached hydrogen (secondary N) is 1. The number of nitrogens with zero attached hydrogens (tertiary/aromatic N) is 3. The van der Waals surface area contributed by atoms with Crippen LogP contribution in [0.3, 0.4) is 0 Å². The van der Waals surface area contributed by atoms with Gasteiger partial charge in [-0.1, -0.05) is 35.9 Å². The molecule has 2 aromatic carbocycles. The smallest absolute Gasteiger partial charge is 0.322 e. The third-order valence-corrected chi connectivity index (χ3v) is 5.97. The van der Waals surface area contributed by atoms with E-state index >= 15 is 0 Å². The summed E-state index contributed by atoms with van der Waals surface area (Å²) in [7, 11) is 1.59. The summed E-state index contributed by atoms with van der Waals surface area (Å²) in [5.74, 6) is 0.650. The monoisotopic (exact) mass is 428 g/mol. The summed E-state index contributed by atoms with van der Waals surface area (Å²) in [6.07, 6.45) is 0. The Kier molecular flexibility index (Phi) is 5.87. The number of piperazine rings is 1. The van der Waals surface area contributed by atoms with E-state index in [1.807, 2.05) is 53.4 Å². The Labute approximate surface area is 178 Å². The SMILES string of the molecule is COc1ccccc1NC(=O)N1CCN(c2nc(-c3ccc(Cl)cc3)cs2)CC1. The van der Waals surface area contributed by atoms with Crippen LogP contribution >= 0.6 is 22.9 Å². The van der Waals surface area contributed by atoms with Crippen molar-refractivity contribution in [3.63, 3.8) is 0 Å². The number of amides is 2. The van der Waals surface area contributed by atoms with Crippen LogP contribution in [0.1, 0.15) is 0 Å². The largest absolute Gasteiger partial charge is 0.495 e. The van der Waals surface area contributed by atoms with Gasteiger partial charge in [0, 0.05) is 42.1 Å². The van der Waals surface area contributed by atoms with Crippen LogP contribution in [0.15, 0.2) is 53.9 Å². The van der Waals surface area contributed by atoms with Gasteiger partial charge in [0.1, 0.15) is 5.75 Å². The number of carbonyl (C=O) groups excluding carboxylic acids is 1. The molecule has 1 aliphatic rings. The minimum Gasteiger partial charge on any atom is -0.495 e. The Hall–Kier alpha value is -2.77. The van der Waals surface area contributed by atoms with Gasteiger partial charge in [0.05, 0.1) is 18.5 Å². The lowest BCUT2D eigenvalue weighted by atomic mass is 10.2. The summed E-state index contributed by atoms with van der Waals surface area (Å²) in [6, 6.07) is 15.0. The van der Waals surface area contributed by atoms with Gasteiger partial charge in [0.25, 0.3) is 0 Å². The number of ether oxygens (including phenoxy) is 1. The number of carbonyl (C=O) groups is 1. The van der Waals surface area contributed by atoms with Crippen molar-refractivity contribution in [2.45, 2.75) is 0 Å². The van der Waals surface area contributed by atoms with Crippen LogP contribution in [-0.2, 0) is 0 Å². The first-order valence-corrected chi connectivity index (χ1v) is 10.5. The number of para-hydroxylation sites is 2. The Morgan fingerprint density at radius 3 is 2.55 bits per heavy atom. The van der Waals surface area contributed by atoms with Gasteiger partial charge < -0.3 is 19.9 Å². The maximum absolute atomic E-state index is 12.6. The quantitative estimate of drug-likeness (QED) is 0.646. The summed E-state index contributed by atoms with van der Waals surface area (Å²) in [5.41, 5.74) is 2.67. The average molecular weight is 429 g/mol. The minimum atomic E-state index is -0.116. The van der Waals surface area contributed by atoms with E-state index in [1.54, 1.807) is 18.4 Å². The molecule has 0 aliphatic carbocycles. The molecule has 6 nitrogen and oxygen atoms in total. The second kappa shape index (κ2) is 8.71. The first-order valence-electron chi connectivity index (χ1n) is 9.29. The number of hydrogen-bond acceptors (Lipinski definition) is 5. The average Bonchev–Trinajstić information content (AvgIpc) is 3.25. The number of anilines is 2. The van der Waals surface area contributed by atoms with Gasteiger partial charge in [-0.3, -0.25) is 0 Å². The molecule has 1 aromatic heterocycles. The molecule has 3 aromatic rings. The summed E-state index contributed by atoms with van der Waals surface area (Å²) in [5, 5.41) is 6.68. The van der Waals surface area contributed by atoms with Crippen LogP contribution < -0.4 is 15.0 Å². The van der Waals surface area contributed by atoms with Gasteiger partial charge in [-0.15, -0.1) is 11.3 Å². The summed E-state index contributed by atoms with van der Waals surface area (Å²) < 4.78 is 5.30. The zero-order chi connectivity index (χ0) is 20.2. The molecule has 0 bridgehead atoms. The van der Waals surface area contributed by atoms with Gasteiger partial charge in [0.15, 0.2) is 5.13 Å². The molecule has 2 heterocycles. The second-order valence-electron chi connectivity index (χ2n) is 6.63. The fraction of sp³-hybridized carbons (Fsp3) is 0.238. The molecule has 0 spiro atoms. The molecule has 0 radical (unpaired) electrons. The minimum absolute atomic E-state index is 0.116. The Balaban J connectivity index is 1.36. The molecule has 1 saturated heterocycles. The molecule has 29 heavy (non-hydrogen) atoms. The molecule has 2 amide bonds. The molecule has 8 heteroatoms. The van der Waals surface area contributed by atoms with Crippen molar-refractivity contribution >= 4 is 39.8 Å². The van der Waals surface area contributed by atoms with Crippen LogP contribution in [0.4, 0.5) is 15.6 Å². The standard InChI is InChI=1S/C21H21ClN4O2S/c1-28-19-5-3-2-4-17(19)23-20(27)25-10-12-26(13-11-25)21-24-18(14-29-21)15-6-8-16(22)9-7-15/h2-9,14H,10-13H2,1H3,(H,23,27). The number of urea groups is 1. The van der Waals surface area contributed by atoms with Crippen LogP contribution in [-0.4, -0.2) is 49.2 Å². The highest BCUT2D eigenvalue weighted by atomic mass is 35.5. The molecule has 1 N–H and O–H groups in total. The number of halogens is 1. The highest BCUT2D eigenvalue weighted by Gasteiger charge is 2.23. The molecular formula is C21H21ClN4O2S. The summed E-state index contributed by atoms with van der Waals surface area (Å²) in [6.45, 7) is 2.76. The maximum atomic E-state index is 12.6. The van der Waals surface area contributed by atoms with E-state index in [2.05, 4.69) is 15.6 Å². The number of thiazole rings is 1. The van der Waals surface area contributed by atoms with Crippen molar-refractivity contribution in [3.8, 4) is 17.0 Å². The number of hydrogen-bond donors (Lipinski definition) is 1. The fourth-order valence-electron chi connectivity index (χ4n) is 3.21. The number of rotatable bonds is 4. The van der Waals surface area contributed by atoms with Gasteiger partial charge in [-0.25, -0.2) is 9.78 Å². The normalized spacial score (nSPS) is 14.0. The Morgan fingerprint density at radius 1 is 1.10 bits per heavy atom. The molecule has 150 valence electrons. The summed E-state index contributed by atoms with van der Waals surface area (Å²) in [4.78, 5) is 21.4. The maximum Gasteiger partial charge on any atom is 0.322 e. The third kappa shape index (κ3) is 4.46. The lowest BCUT2D eigenvalue weighted by molar-refractivity contribution is 0.208. The molecule has 1 fully saturated rings. The van der Waals surface area contributed by atoms with E-state index in [4.69, 9.17) is 21.3 Å². The molecular weight excluding hydrogens is 408 g/mol. The zero-order valence-electron chi connectivity index (χ0n) is 16.0. The van der Waals surface area contributed by atoms with Crippen molar-refractivity contribution in [3.05, 3.63) is 58.9 Å². The van der Waals surface area contributed by atoms with Gasteiger partial charge in [-0.05, 0) is 24.3 Å². The van der Waals surface area contributed by atoms with E-state index in [0.717, 1.165) is 29.5 Å². The Morgan fingerprint density at radius 2 is 1.83 bits per heavy atom. The number of aromatic nitrogens is 1. The van der Waals surface area contributed by atoms with Crippen LogP contribution in [0.5, 0.6) is 5.75 Å². The molecule has 0 atom stereocenters. The lowest BCUT2D eigenvalue weighted by Gasteiger charge is -2.34.